The molecule has 6 N–H and O–H groups in total. The van der Waals surface area contributed by atoms with Gasteiger partial charge in [-0.05, 0) is 48.2 Å². The minimum absolute atomic E-state index is 0.0792. The van der Waals surface area contributed by atoms with Crippen LogP contribution in [0.3, 0.4) is 0 Å². The quantitative estimate of drug-likeness (QED) is 0.289. The molecule has 3 aromatic rings. The molecular formula is C21H23N5O5. The molecule has 0 spiro atoms. The number of pyridine rings is 1. The van der Waals surface area contributed by atoms with Crippen molar-refractivity contribution in [2.24, 2.45) is 0 Å². The van der Waals surface area contributed by atoms with Gasteiger partial charge in [-0.25, -0.2) is 9.59 Å². The lowest BCUT2D eigenvalue weighted by molar-refractivity contribution is 0.0943. The molecule has 0 aliphatic rings. The minimum atomic E-state index is -1.21. The molecule has 1 aromatic carbocycles. The number of benzene rings is 1. The Morgan fingerprint density at radius 2 is 1.74 bits per heavy atom. The molecule has 3 rings (SSSR count). The van der Waals surface area contributed by atoms with Gasteiger partial charge in [-0.15, -0.1) is 0 Å². The molecule has 0 radical (unpaired) electrons. The number of aromatic amines is 1. The van der Waals surface area contributed by atoms with Gasteiger partial charge in [0, 0.05) is 42.4 Å². The fraction of sp³-hybridized carbons (Fsp3) is 0.238. The van der Waals surface area contributed by atoms with Crippen molar-refractivity contribution in [3.63, 3.8) is 0 Å². The zero-order valence-corrected chi connectivity index (χ0v) is 16.6. The fourth-order valence-electron chi connectivity index (χ4n) is 3.23. The van der Waals surface area contributed by atoms with Gasteiger partial charge in [0.1, 0.15) is 5.69 Å². The van der Waals surface area contributed by atoms with Crippen molar-refractivity contribution in [3.05, 3.63) is 54.5 Å². The highest BCUT2D eigenvalue weighted by atomic mass is 16.4. The number of fused-ring (bicyclic) bond motifs is 1. The first-order valence-corrected chi connectivity index (χ1v) is 9.70. The van der Waals surface area contributed by atoms with Crippen molar-refractivity contribution in [2.45, 2.75) is 18.9 Å². The average molecular weight is 425 g/mol. The van der Waals surface area contributed by atoms with E-state index in [0.29, 0.717) is 18.5 Å². The molecule has 0 saturated heterocycles. The molecule has 0 unspecified atom stereocenters. The molecule has 0 bridgehead atoms. The van der Waals surface area contributed by atoms with Gasteiger partial charge in [-0.2, -0.15) is 0 Å². The molecule has 2 heterocycles. The van der Waals surface area contributed by atoms with Crippen LogP contribution in [0.4, 0.5) is 9.59 Å². The van der Waals surface area contributed by atoms with E-state index in [1.165, 1.54) is 0 Å². The van der Waals surface area contributed by atoms with Crippen molar-refractivity contribution in [3.8, 4) is 11.1 Å². The smallest absolute Gasteiger partial charge is 0.404 e. The number of carbonyl (C=O) groups is 3. The third-order valence-corrected chi connectivity index (χ3v) is 4.72. The summed E-state index contributed by atoms with van der Waals surface area (Å²) in [5.41, 5.74) is 3.17. The fourth-order valence-corrected chi connectivity index (χ4v) is 3.23. The molecule has 10 heteroatoms. The van der Waals surface area contributed by atoms with Crippen molar-refractivity contribution >= 4 is 29.0 Å². The third kappa shape index (κ3) is 6.20. The Balaban J connectivity index is 1.62. The van der Waals surface area contributed by atoms with Crippen LogP contribution >= 0.6 is 0 Å². The summed E-state index contributed by atoms with van der Waals surface area (Å²) >= 11 is 0. The van der Waals surface area contributed by atoms with Gasteiger partial charge in [0.25, 0.3) is 5.91 Å². The lowest BCUT2D eigenvalue weighted by Gasteiger charge is -2.17. The number of nitrogens with one attached hydrogen (secondary N) is 4. The number of aromatic nitrogens is 2. The number of amides is 3. The number of hydrogen-bond donors (Lipinski definition) is 6. The summed E-state index contributed by atoms with van der Waals surface area (Å²) in [7, 11) is 0. The lowest BCUT2D eigenvalue weighted by atomic mass is 10.1. The first kappa shape index (κ1) is 21.6. The summed E-state index contributed by atoms with van der Waals surface area (Å²) in [5.74, 6) is -0.359. The van der Waals surface area contributed by atoms with Crippen LogP contribution in [0.15, 0.2) is 48.8 Å². The number of rotatable bonds is 9. The lowest BCUT2D eigenvalue weighted by Crippen LogP contribution is -2.43. The van der Waals surface area contributed by atoms with Gasteiger partial charge in [0.15, 0.2) is 0 Å². The van der Waals surface area contributed by atoms with E-state index < -0.39 is 18.2 Å². The van der Waals surface area contributed by atoms with E-state index in [2.05, 4.69) is 25.9 Å². The number of hydrogen-bond acceptors (Lipinski definition) is 4. The molecule has 0 aliphatic carbocycles. The topological polar surface area (TPSA) is 156 Å². The van der Waals surface area contributed by atoms with E-state index in [-0.39, 0.29) is 19.0 Å². The highest BCUT2D eigenvalue weighted by Crippen LogP contribution is 2.24. The predicted octanol–water partition coefficient (Wildman–Crippen LogP) is 2.64. The molecule has 31 heavy (non-hydrogen) atoms. The Labute approximate surface area is 177 Å². The zero-order valence-electron chi connectivity index (χ0n) is 16.6. The second-order valence-corrected chi connectivity index (χ2v) is 6.95. The predicted molar refractivity (Wildman–Crippen MR) is 114 cm³/mol. The van der Waals surface area contributed by atoms with E-state index in [1.54, 1.807) is 18.5 Å². The number of carboxylic acid groups (broad SMARTS) is 2. The van der Waals surface area contributed by atoms with Crippen molar-refractivity contribution in [2.75, 3.05) is 13.1 Å². The minimum Gasteiger partial charge on any atom is -0.465 e. The van der Waals surface area contributed by atoms with Crippen molar-refractivity contribution in [1.29, 1.82) is 0 Å². The average Bonchev–Trinajstić information content (AvgIpc) is 3.18. The van der Waals surface area contributed by atoms with Crippen LogP contribution in [0.2, 0.25) is 0 Å². The summed E-state index contributed by atoms with van der Waals surface area (Å²) in [6.45, 7) is 0.277. The molecule has 1 atom stereocenters. The Hall–Kier alpha value is -4.08. The highest BCUT2D eigenvalue weighted by molar-refractivity contribution is 5.98. The Morgan fingerprint density at radius 3 is 2.45 bits per heavy atom. The second kappa shape index (κ2) is 10.1. The van der Waals surface area contributed by atoms with Crippen LogP contribution in [-0.2, 0) is 0 Å². The van der Waals surface area contributed by atoms with E-state index in [0.717, 1.165) is 22.0 Å². The van der Waals surface area contributed by atoms with E-state index >= 15 is 0 Å². The summed E-state index contributed by atoms with van der Waals surface area (Å²) in [5, 5.41) is 25.7. The number of H-pyrrole nitrogens is 1. The van der Waals surface area contributed by atoms with Gasteiger partial charge >= 0.3 is 12.2 Å². The molecule has 10 nitrogen and oxygen atoms in total. The summed E-state index contributed by atoms with van der Waals surface area (Å²) < 4.78 is 0. The highest BCUT2D eigenvalue weighted by Gasteiger charge is 2.15. The van der Waals surface area contributed by atoms with E-state index in [1.807, 2.05) is 30.3 Å². The van der Waals surface area contributed by atoms with Gasteiger partial charge in [0.2, 0.25) is 0 Å². The largest absolute Gasteiger partial charge is 0.465 e. The maximum Gasteiger partial charge on any atom is 0.404 e. The molecular weight excluding hydrogens is 402 g/mol. The first-order valence-electron chi connectivity index (χ1n) is 9.70. The van der Waals surface area contributed by atoms with Crippen LogP contribution < -0.4 is 16.0 Å². The standard InChI is InChI=1S/C21H23N5O5/c27-19(24-12-16(25-21(30)31)2-1-7-23-20(28)29)18-11-15-4-3-14(10-17(15)26-18)13-5-8-22-9-6-13/h3-6,8-11,16,23,25-26H,1-2,7,12H2,(H,24,27)(H,28,29)(H,30,31)/t16-/m1/s1. The summed E-state index contributed by atoms with van der Waals surface area (Å²) in [6.07, 6.45) is 1.88. The number of nitrogens with zero attached hydrogens (tertiary/aromatic N) is 1. The van der Waals surface area contributed by atoms with Crippen LogP contribution in [0, 0.1) is 0 Å². The second-order valence-electron chi connectivity index (χ2n) is 6.95. The SMILES string of the molecule is O=C(O)NCCC[C@H](CNC(=O)c1cc2ccc(-c3ccncc3)cc2[nH]1)NC(=O)O. The van der Waals surface area contributed by atoms with Crippen LogP contribution in [-0.4, -0.2) is 57.4 Å². The van der Waals surface area contributed by atoms with Crippen molar-refractivity contribution in [1.82, 2.24) is 25.9 Å². The number of carbonyl (C=O) groups excluding carboxylic acids is 1. The molecule has 0 fully saturated rings. The zero-order chi connectivity index (χ0) is 22.2. The molecule has 162 valence electrons. The van der Waals surface area contributed by atoms with Crippen LogP contribution in [0.1, 0.15) is 23.3 Å². The Kier molecular flexibility index (Phi) is 7.05. The van der Waals surface area contributed by atoms with E-state index in [4.69, 9.17) is 10.2 Å². The maximum atomic E-state index is 12.6. The van der Waals surface area contributed by atoms with Crippen LogP contribution in [0.5, 0.6) is 0 Å². The first-order chi connectivity index (χ1) is 14.9. The third-order valence-electron chi connectivity index (χ3n) is 4.72. The van der Waals surface area contributed by atoms with Crippen LogP contribution in [0.25, 0.3) is 22.0 Å². The molecule has 3 amide bonds. The molecule has 0 aliphatic heterocycles. The van der Waals surface area contributed by atoms with Gasteiger partial charge in [0.05, 0.1) is 0 Å². The Bertz CT molecular complexity index is 1070. The molecule has 2 aromatic heterocycles. The summed E-state index contributed by atoms with van der Waals surface area (Å²) in [4.78, 5) is 41.1. The van der Waals surface area contributed by atoms with E-state index in [9.17, 15) is 14.4 Å². The van der Waals surface area contributed by atoms with Gasteiger partial charge < -0.3 is 31.1 Å². The monoisotopic (exact) mass is 425 g/mol. The summed E-state index contributed by atoms with van der Waals surface area (Å²) in [6, 6.07) is 10.8. The normalized spacial score (nSPS) is 11.6. The van der Waals surface area contributed by atoms with Crippen molar-refractivity contribution < 1.29 is 24.6 Å². The Morgan fingerprint density at radius 1 is 0.968 bits per heavy atom. The van der Waals surface area contributed by atoms with Gasteiger partial charge in [-0.3, -0.25) is 9.78 Å². The molecule has 0 saturated carbocycles. The van der Waals surface area contributed by atoms with Gasteiger partial charge in [-0.1, -0.05) is 12.1 Å². The maximum absolute atomic E-state index is 12.6.